The number of rotatable bonds is 9. The van der Waals surface area contributed by atoms with E-state index >= 15 is 0 Å². The molecule has 12 heterocycles. The lowest BCUT2D eigenvalue weighted by molar-refractivity contribution is -0.660. The number of fused-ring (bicyclic) bond motifs is 20. The Balaban J connectivity index is 0.000000110. The summed E-state index contributed by atoms with van der Waals surface area (Å²) >= 11 is 0. The largest absolute Gasteiger partial charge is 0.437 e. The Labute approximate surface area is 699 Å². The van der Waals surface area contributed by atoms with E-state index in [2.05, 4.69) is 191 Å². The van der Waals surface area contributed by atoms with E-state index in [9.17, 15) is 1.37 Å². The van der Waals surface area contributed by atoms with Crippen molar-refractivity contribution in [2.24, 2.45) is 34.1 Å². The van der Waals surface area contributed by atoms with Crippen LogP contribution in [0, 0.1) is 33.6 Å². The van der Waals surface area contributed by atoms with Crippen LogP contribution in [0.25, 0.3) is 176 Å². The highest BCUT2D eigenvalue weighted by Gasteiger charge is 2.32. The van der Waals surface area contributed by atoms with E-state index in [1.807, 2.05) is 130 Å². The fourth-order valence-electron chi connectivity index (χ4n) is 18.8. The van der Waals surface area contributed by atoms with Crippen LogP contribution in [0.4, 0.5) is 0 Å². The number of benzene rings is 8. The Morgan fingerprint density at radius 2 is 0.653 bits per heavy atom. The smallest absolute Gasteiger partial charge is 0.227 e. The van der Waals surface area contributed by atoms with Crippen LogP contribution in [0.5, 0.6) is 0 Å². The third-order valence-corrected chi connectivity index (χ3v) is 24.7. The van der Waals surface area contributed by atoms with Crippen LogP contribution >= 0.6 is 0 Å². The predicted molar refractivity (Wildman–Crippen MR) is 481 cm³/mol. The van der Waals surface area contributed by atoms with Crippen molar-refractivity contribution in [2.45, 2.75) is 137 Å². The third kappa shape index (κ3) is 13.2. The van der Waals surface area contributed by atoms with Gasteiger partial charge < -0.3 is 17.7 Å². The fraction of sp³-hybridized carbons (Fsp3) is 0.245. The summed E-state index contributed by atoms with van der Waals surface area (Å²) in [6.07, 6.45) is 23.1. The molecule has 22 rings (SSSR count). The lowest BCUT2D eigenvalue weighted by Crippen LogP contribution is -2.31. The van der Waals surface area contributed by atoms with Gasteiger partial charge in [0.05, 0.1) is 22.3 Å². The standard InChI is InChI=1S/C28H27N2O.C27H25N2O.C26H25N2O.C25H23N2O/c1-18-21-11-6-7-12-22(21)27-26(23-13-8-15-29-28(23)31-27)25(18)24-17-20(14-16-30(24)2)19-9-4-3-5-10-19;1-17-20-10-5-6-11-21(20)26-25(22-12-7-14-28-27(22)30-26)24(17)23-16-19(13-15-29(23)2)18-8-3-4-9-18;1-16(2)14-18-11-13-28(4)22(15-18)23-17(3)19-8-5-6-9-20(19)25-24(23)21-10-7-12-27-26(21)29-25;1-15(2)17-11-13-27(4)21(14-17)22-16(3)18-8-5-6-9-19(18)24-23(22)20-10-7-12-26-25(20)28-24/h6-8,11-17,19H,3-5,9-10H2,1-2H3;5-7,10-16,18H,3-4,8-9H2,1-2H3;5-13,15-16H,14H2,1-4H3;5-15H,1-4H3/q4*+1/i19D;18D;14D2;1D3,15D. The number of pyridine rings is 8. The fourth-order valence-corrected chi connectivity index (χ4v) is 18.8. The summed E-state index contributed by atoms with van der Waals surface area (Å²) in [6.45, 7) is 11.4. The Morgan fingerprint density at radius 1 is 0.364 bits per heavy atom. The summed E-state index contributed by atoms with van der Waals surface area (Å²) in [4.78, 5) is 17.9. The van der Waals surface area contributed by atoms with Crippen LogP contribution < -0.4 is 18.3 Å². The van der Waals surface area contributed by atoms with Gasteiger partial charge in [-0.3, -0.25) is 0 Å². The molecule has 12 nitrogen and oxygen atoms in total. The van der Waals surface area contributed by atoms with Crippen LogP contribution in [0.2, 0.25) is 0 Å². The number of hydrogen-bond acceptors (Lipinski definition) is 8. The maximum absolute atomic E-state index is 9.20. The van der Waals surface area contributed by atoms with Gasteiger partial charge in [0.1, 0.15) is 50.5 Å². The normalized spacial score (nSPS) is 15.8. The highest BCUT2D eigenvalue weighted by molar-refractivity contribution is 6.25. The van der Waals surface area contributed by atoms with Gasteiger partial charge in [-0.15, -0.1) is 0 Å². The van der Waals surface area contributed by atoms with Gasteiger partial charge in [-0.1, -0.05) is 157 Å². The van der Waals surface area contributed by atoms with Gasteiger partial charge in [-0.25, -0.2) is 38.2 Å². The molecule has 1 atom stereocenters. The molecule has 12 aromatic heterocycles. The van der Waals surface area contributed by atoms with E-state index in [0.717, 1.165) is 205 Å². The molecule has 2 fully saturated rings. The molecule has 0 amide bonds. The number of hydrogen-bond donors (Lipinski definition) is 0. The minimum absolute atomic E-state index is 0.135. The molecule has 12 heteroatoms. The van der Waals surface area contributed by atoms with Crippen LogP contribution in [0.3, 0.4) is 0 Å². The molecule has 0 radical (unpaired) electrons. The van der Waals surface area contributed by atoms with E-state index in [1.165, 1.54) is 46.4 Å². The van der Waals surface area contributed by atoms with Crippen molar-refractivity contribution in [3.8, 4) is 45.0 Å². The first kappa shape index (κ1) is 66.4. The SMILES string of the molecule is [2H]C([2H])([2H])C([2H])(C)c1cc[n+](C)c(-c2c(C)c3ccccc3c3oc4ncccc4c23)c1.[2H]C([2H])(c1cc[n+](C)c(-c2c(C)c3ccccc3c3oc4ncccc4c23)c1)C(C)C.[2H]C1(c2cc[n+](C)c(-c3c(C)c4ccccc4c4oc5ncccc5c34)c2)CCCC1.[2H]C1(c2cc[n+](C)c(-c3c(C)c4ccccc4c4oc5ncccc5c34)c2)CCCCC1. The van der Waals surface area contributed by atoms with Crippen LogP contribution in [-0.4, -0.2) is 19.9 Å². The summed E-state index contributed by atoms with van der Waals surface area (Å²) in [5.74, 6) is -2.84. The zero-order chi connectivity index (χ0) is 87.8. The molecule has 0 spiro atoms. The molecule has 584 valence electrons. The Morgan fingerprint density at radius 3 is 0.983 bits per heavy atom. The first-order valence-electron chi connectivity index (χ1n) is 45.3. The average molecular weight is 1560 g/mol. The van der Waals surface area contributed by atoms with Crippen LogP contribution in [0.15, 0.2) is 261 Å². The van der Waals surface area contributed by atoms with Crippen molar-refractivity contribution in [1.82, 2.24) is 19.9 Å². The average Bonchev–Trinajstić information content (AvgIpc) is 1.54. The molecular formula is C106H100N8O4+4. The van der Waals surface area contributed by atoms with Crippen molar-refractivity contribution < 1.29 is 46.9 Å². The summed E-state index contributed by atoms with van der Waals surface area (Å²) in [6, 6.07) is 65.4. The van der Waals surface area contributed by atoms with Gasteiger partial charge in [0.15, 0.2) is 24.8 Å². The van der Waals surface area contributed by atoms with Crippen molar-refractivity contribution in [3.63, 3.8) is 0 Å². The second kappa shape index (κ2) is 31.0. The number of aryl methyl sites for hydroxylation is 8. The first-order valence-corrected chi connectivity index (χ1v) is 41.3. The molecular weight excluding hydrogens is 1450 g/mol. The van der Waals surface area contributed by atoms with Gasteiger partial charge in [0.2, 0.25) is 45.6 Å². The van der Waals surface area contributed by atoms with Crippen LogP contribution in [0.1, 0.15) is 159 Å². The maximum Gasteiger partial charge on any atom is 0.227 e. The third-order valence-electron chi connectivity index (χ3n) is 24.7. The minimum Gasteiger partial charge on any atom is -0.437 e. The Kier molecular flexibility index (Phi) is 17.4. The Bertz CT molecular complexity index is 7570. The van der Waals surface area contributed by atoms with Crippen LogP contribution in [-0.2, 0) is 34.6 Å². The van der Waals surface area contributed by atoms with E-state index < -0.39 is 30.9 Å². The molecule has 20 aromatic rings. The topological polar surface area (TPSA) is 120 Å². The number of nitrogens with zero attached hydrogens (tertiary/aromatic N) is 8. The van der Waals surface area contributed by atoms with E-state index in [-0.39, 0.29) is 5.92 Å². The lowest BCUT2D eigenvalue weighted by atomic mass is 9.83. The van der Waals surface area contributed by atoms with E-state index in [1.54, 1.807) is 30.9 Å². The summed E-state index contributed by atoms with van der Waals surface area (Å²) < 4.78 is 101. The van der Waals surface area contributed by atoms with Crippen molar-refractivity contribution in [2.75, 3.05) is 0 Å². The summed E-state index contributed by atoms with van der Waals surface area (Å²) in [5, 5.41) is 17.0. The van der Waals surface area contributed by atoms with Crippen molar-refractivity contribution in [3.05, 3.63) is 288 Å². The molecule has 118 heavy (non-hydrogen) atoms. The zero-order valence-electron chi connectivity index (χ0n) is 76.7. The maximum atomic E-state index is 9.20. The minimum atomic E-state index is -2.45. The molecule has 0 saturated heterocycles. The second-order valence-corrected chi connectivity index (χ2v) is 32.4. The second-order valence-electron chi connectivity index (χ2n) is 32.4. The van der Waals surface area contributed by atoms with Gasteiger partial charge in [0.25, 0.3) is 0 Å². The lowest BCUT2D eigenvalue weighted by Gasteiger charge is -2.22. The summed E-state index contributed by atoms with van der Waals surface area (Å²) in [7, 11) is 8.12. The molecule has 0 aliphatic heterocycles. The number of furan rings is 4. The quantitative estimate of drug-likeness (QED) is 0.131. The van der Waals surface area contributed by atoms with Gasteiger partial charge in [-0.05, 0) is 198 Å². The molecule has 2 aliphatic carbocycles. The van der Waals surface area contributed by atoms with Crippen molar-refractivity contribution >= 4 is 131 Å². The molecule has 2 saturated carbocycles. The predicted octanol–water partition coefficient (Wildman–Crippen LogP) is 25.8. The highest BCUT2D eigenvalue weighted by atomic mass is 16.4. The first-order chi connectivity index (χ1) is 60.5. The number of aromatic nitrogens is 8. The Hall–Kier alpha value is -12.8. The van der Waals surface area contributed by atoms with Gasteiger partial charge in [-0.2, -0.15) is 0 Å². The highest BCUT2D eigenvalue weighted by Crippen LogP contribution is 2.49. The van der Waals surface area contributed by atoms with E-state index in [4.69, 9.17) is 27.3 Å². The van der Waals surface area contributed by atoms with Gasteiger partial charge in [0, 0.05) is 149 Å². The zero-order valence-corrected chi connectivity index (χ0v) is 68.7. The molecule has 1 unspecified atom stereocenters. The van der Waals surface area contributed by atoms with Gasteiger partial charge >= 0.3 is 0 Å². The summed E-state index contributed by atoms with van der Waals surface area (Å²) in [5.41, 5.74) is 22.3. The van der Waals surface area contributed by atoms with Crippen molar-refractivity contribution in [1.29, 1.82) is 0 Å². The molecule has 0 N–H and O–H groups in total. The monoisotopic (exact) mass is 1560 g/mol. The molecule has 0 bridgehead atoms. The molecule has 2 aliphatic rings. The van der Waals surface area contributed by atoms with E-state index in [0.29, 0.717) is 34.0 Å². The molecule has 8 aromatic carbocycles.